The first-order chi connectivity index (χ1) is 13.9. The first kappa shape index (κ1) is 28.5. The van der Waals surface area contributed by atoms with E-state index in [1.165, 1.54) is 7.11 Å². The van der Waals surface area contributed by atoms with Crippen molar-refractivity contribution in [2.75, 3.05) is 21.3 Å². The number of hydrogen-bond donors (Lipinski definition) is 0. The topological polar surface area (TPSA) is 63.2 Å². The molecule has 0 radical (unpaired) electrons. The first-order valence-corrected chi connectivity index (χ1v) is 16.9. The van der Waals surface area contributed by atoms with Gasteiger partial charge in [-0.05, 0) is 41.8 Å². The molecule has 0 fully saturated rings. The molecule has 182 valence electrons. The van der Waals surface area contributed by atoms with Crippen LogP contribution in [0, 0.1) is 0 Å². The maximum atomic E-state index is 12.4. The van der Waals surface area contributed by atoms with Gasteiger partial charge in [-0.25, -0.2) is 0 Å². The SMILES string of the molecule is COC(=O)CC1=C(C(OC)OC)[C@@H](O[Si](C)(C)C(C)(C)C)C[C@H]1O[Si](C)(C)C(C)(C)C. The second-order valence-corrected chi connectivity index (χ2v) is 21.0. The van der Waals surface area contributed by atoms with E-state index in [1.54, 1.807) is 14.2 Å². The lowest BCUT2D eigenvalue weighted by Gasteiger charge is -2.40. The Balaban J connectivity index is 3.53. The van der Waals surface area contributed by atoms with Crippen molar-refractivity contribution >= 4 is 22.6 Å². The van der Waals surface area contributed by atoms with Gasteiger partial charge in [0.25, 0.3) is 0 Å². The van der Waals surface area contributed by atoms with Crippen molar-refractivity contribution in [3.05, 3.63) is 11.1 Å². The Morgan fingerprint density at radius 3 is 1.65 bits per heavy atom. The van der Waals surface area contributed by atoms with Gasteiger partial charge in [0.05, 0.1) is 25.7 Å². The normalized spacial score (nSPS) is 21.2. The predicted octanol–water partition coefficient (Wildman–Crippen LogP) is 5.65. The second kappa shape index (κ2) is 10.2. The van der Waals surface area contributed by atoms with Gasteiger partial charge < -0.3 is 23.1 Å². The fourth-order valence-corrected chi connectivity index (χ4v) is 5.84. The zero-order valence-electron chi connectivity index (χ0n) is 22.1. The van der Waals surface area contributed by atoms with Gasteiger partial charge in [-0.2, -0.15) is 0 Å². The molecular formula is C23H46O6Si2. The van der Waals surface area contributed by atoms with Crippen molar-refractivity contribution < 1.29 is 27.9 Å². The maximum absolute atomic E-state index is 12.4. The fourth-order valence-electron chi connectivity index (χ4n) is 3.25. The molecule has 31 heavy (non-hydrogen) atoms. The lowest BCUT2D eigenvalue weighted by Crippen LogP contribution is -2.46. The van der Waals surface area contributed by atoms with Crippen LogP contribution in [-0.2, 0) is 27.9 Å². The van der Waals surface area contributed by atoms with Crippen molar-refractivity contribution in [3.63, 3.8) is 0 Å². The van der Waals surface area contributed by atoms with Crippen LogP contribution in [0.5, 0.6) is 0 Å². The highest BCUT2D eigenvalue weighted by molar-refractivity contribution is 6.74. The lowest BCUT2D eigenvalue weighted by molar-refractivity contribution is -0.140. The van der Waals surface area contributed by atoms with Gasteiger partial charge in [0, 0.05) is 26.2 Å². The molecule has 1 rings (SSSR count). The zero-order valence-corrected chi connectivity index (χ0v) is 24.1. The van der Waals surface area contributed by atoms with E-state index >= 15 is 0 Å². The Labute approximate surface area is 192 Å². The predicted molar refractivity (Wildman–Crippen MR) is 130 cm³/mol. The Bertz CT molecular complexity index is 654. The summed E-state index contributed by atoms with van der Waals surface area (Å²) in [4.78, 5) is 12.4. The Kier molecular flexibility index (Phi) is 9.36. The molecule has 0 saturated carbocycles. The van der Waals surface area contributed by atoms with E-state index in [1.807, 2.05) is 0 Å². The van der Waals surface area contributed by atoms with Gasteiger partial charge in [0.2, 0.25) is 0 Å². The van der Waals surface area contributed by atoms with E-state index in [2.05, 4.69) is 67.7 Å². The second-order valence-electron chi connectivity index (χ2n) is 11.5. The van der Waals surface area contributed by atoms with Crippen molar-refractivity contribution in [2.45, 2.75) is 109 Å². The molecule has 6 nitrogen and oxygen atoms in total. The summed E-state index contributed by atoms with van der Waals surface area (Å²) >= 11 is 0. The minimum atomic E-state index is -2.09. The lowest BCUT2D eigenvalue weighted by atomic mass is 10.1. The molecule has 0 aliphatic heterocycles. The van der Waals surface area contributed by atoms with Crippen molar-refractivity contribution in [1.29, 1.82) is 0 Å². The maximum Gasteiger partial charge on any atom is 0.309 e. The van der Waals surface area contributed by atoms with Crippen LogP contribution in [0.25, 0.3) is 0 Å². The molecular weight excluding hydrogens is 428 g/mol. The molecule has 8 heteroatoms. The van der Waals surface area contributed by atoms with E-state index in [4.69, 9.17) is 23.1 Å². The third kappa shape index (κ3) is 6.74. The van der Waals surface area contributed by atoms with Crippen molar-refractivity contribution in [1.82, 2.24) is 0 Å². The molecule has 0 N–H and O–H groups in total. The minimum absolute atomic E-state index is 0.0455. The van der Waals surface area contributed by atoms with Gasteiger partial charge in [-0.3, -0.25) is 4.79 Å². The average Bonchev–Trinajstić information content (AvgIpc) is 2.90. The summed E-state index contributed by atoms with van der Waals surface area (Å²) in [6.07, 6.45) is -0.240. The highest BCUT2D eigenvalue weighted by Crippen LogP contribution is 2.46. The van der Waals surface area contributed by atoms with E-state index in [0.717, 1.165) is 11.1 Å². The van der Waals surface area contributed by atoms with E-state index in [-0.39, 0.29) is 34.7 Å². The summed E-state index contributed by atoms with van der Waals surface area (Å²) < 4.78 is 30.0. The molecule has 0 spiro atoms. The molecule has 0 unspecified atom stereocenters. The number of ether oxygens (including phenoxy) is 3. The number of carbonyl (C=O) groups is 1. The van der Waals surface area contributed by atoms with Crippen LogP contribution in [-0.4, -0.2) is 62.4 Å². The molecule has 0 bridgehead atoms. The minimum Gasteiger partial charge on any atom is -0.469 e. The number of carbonyl (C=O) groups excluding carboxylic acids is 1. The van der Waals surface area contributed by atoms with Gasteiger partial charge in [-0.1, -0.05) is 41.5 Å². The molecule has 0 aromatic rings. The summed E-state index contributed by atoms with van der Waals surface area (Å²) in [5.41, 5.74) is 1.76. The number of esters is 1. The molecule has 1 aliphatic rings. The van der Waals surface area contributed by atoms with E-state index < -0.39 is 22.9 Å². The highest BCUT2D eigenvalue weighted by atomic mass is 28.4. The number of methoxy groups -OCH3 is 3. The highest BCUT2D eigenvalue weighted by Gasteiger charge is 2.48. The Morgan fingerprint density at radius 2 is 1.29 bits per heavy atom. The number of hydrogen-bond acceptors (Lipinski definition) is 6. The Hall–Kier alpha value is -0.516. The zero-order chi connectivity index (χ0) is 24.4. The molecule has 0 heterocycles. The van der Waals surface area contributed by atoms with Gasteiger partial charge in [0.15, 0.2) is 22.9 Å². The quantitative estimate of drug-likeness (QED) is 0.186. The molecule has 0 saturated heterocycles. The smallest absolute Gasteiger partial charge is 0.309 e. The van der Waals surface area contributed by atoms with Crippen molar-refractivity contribution in [3.8, 4) is 0 Å². The molecule has 2 atom stereocenters. The van der Waals surface area contributed by atoms with Crippen LogP contribution in [0.3, 0.4) is 0 Å². The van der Waals surface area contributed by atoms with Crippen molar-refractivity contribution in [2.24, 2.45) is 0 Å². The molecule has 1 aliphatic carbocycles. The summed E-state index contributed by atoms with van der Waals surface area (Å²) in [5, 5.41) is 0.0957. The van der Waals surface area contributed by atoms with Crippen LogP contribution >= 0.6 is 0 Å². The summed E-state index contributed by atoms with van der Waals surface area (Å²) in [6.45, 7) is 22.3. The van der Waals surface area contributed by atoms with Gasteiger partial charge in [-0.15, -0.1) is 0 Å². The Morgan fingerprint density at radius 1 is 0.871 bits per heavy atom. The molecule has 0 amide bonds. The van der Waals surface area contributed by atoms with Crippen LogP contribution in [0.15, 0.2) is 11.1 Å². The summed E-state index contributed by atoms with van der Waals surface area (Å²) in [5.74, 6) is -0.296. The number of rotatable bonds is 9. The third-order valence-corrected chi connectivity index (χ3v) is 16.2. The largest absolute Gasteiger partial charge is 0.469 e. The van der Waals surface area contributed by atoms with Crippen LogP contribution in [0.2, 0.25) is 36.3 Å². The summed E-state index contributed by atoms with van der Waals surface area (Å²) in [7, 11) is 0.452. The van der Waals surface area contributed by atoms with Gasteiger partial charge in [0.1, 0.15) is 0 Å². The van der Waals surface area contributed by atoms with E-state index in [0.29, 0.717) is 6.42 Å². The van der Waals surface area contributed by atoms with E-state index in [9.17, 15) is 4.79 Å². The van der Waals surface area contributed by atoms with Crippen LogP contribution < -0.4 is 0 Å². The average molecular weight is 475 g/mol. The third-order valence-electron chi connectivity index (χ3n) is 7.27. The summed E-state index contributed by atoms with van der Waals surface area (Å²) in [6, 6.07) is 0. The first-order valence-electron chi connectivity index (χ1n) is 11.1. The van der Waals surface area contributed by atoms with Gasteiger partial charge >= 0.3 is 5.97 Å². The molecule has 0 aromatic carbocycles. The molecule has 0 aromatic heterocycles. The van der Waals surface area contributed by atoms with Crippen LogP contribution in [0.1, 0.15) is 54.4 Å². The monoisotopic (exact) mass is 474 g/mol. The standard InChI is InChI=1S/C23H46O6Si2/c1-22(2,3)30(10,11)28-17-15-18(29-31(12,13)23(4,5)6)20(21(26-8)27-9)16(17)14-19(24)25-7/h17-18,21H,14-15H2,1-13H3/t17-,18+/m1/s1. The van der Waals surface area contributed by atoms with Crippen LogP contribution in [0.4, 0.5) is 0 Å². The fraction of sp³-hybridized carbons (Fsp3) is 0.870.